The summed E-state index contributed by atoms with van der Waals surface area (Å²) in [5.74, 6) is -0.608. The first-order chi connectivity index (χ1) is 7.56. The third-order valence-electron chi connectivity index (χ3n) is 2.84. The summed E-state index contributed by atoms with van der Waals surface area (Å²) < 4.78 is 0. The molecule has 0 bridgehead atoms. The minimum absolute atomic E-state index is 0.177. The average molecular weight is 238 g/mol. The maximum Gasteiger partial charge on any atom is 0.230 e. The smallest absolute Gasteiger partial charge is 0.230 e. The molecule has 1 aliphatic heterocycles. The molecule has 1 unspecified atom stereocenters. The predicted molar refractivity (Wildman–Crippen MR) is 61.1 cm³/mol. The molecule has 2 amide bonds. The Balaban J connectivity index is 2.18. The van der Waals surface area contributed by atoms with Crippen molar-refractivity contribution < 1.29 is 9.59 Å². The van der Waals surface area contributed by atoms with Gasteiger partial charge in [-0.15, -0.1) is 0 Å². The van der Waals surface area contributed by atoms with Crippen LogP contribution in [0, 0.1) is 12.8 Å². The number of hydrogen-bond acceptors (Lipinski definition) is 2. The molecule has 1 aliphatic rings. The molecule has 1 aromatic rings. The number of hydrogen-bond donors (Lipinski definition) is 1. The van der Waals surface area contributed by atoms with Crippen LogP contribution < -0.4 is 5.32 Å². The third-order valence-corrected chi connectivity index (χ3v) is 3.08. The van der Waals surface area contributed by atoms with E-state index in [-0.39, 0.29) is 24.2 Å². The van der Waals surface area contributed by atoms with E-state index < -0.39 is 0 Å². The summed E-state index contributed by atoms with van der Waals surface area (Å²) in [5, 5.41) is 2.97. The van der Waals surface area contributed by atoms with Gasteiger partial charge in [-0.1, -0.05) is 17.7 Å². The van der Waals surface area contributed by atoms with Crippen LogP contribution in [0.25, 0.3) is 0 Å². The Morgan fingerprint density at radius 1 is 1.44 bits per heavy atom. The molecule has 0 aliphatic carbocycles. The van der Waals surface area contributed by atoms with Gasteiger partial charge < -0.3 is 0 Å². The second kappa shape index (κ2) is 4.26. The molecular formula is C12H12ClNO2. The second-order valence-electron chi connectivity index (χ2n) is 4.09. The van der Waals surface area contributed by atoms with E-state index in [1.807, 2.05) is 25.1 Å². The zero-order chi connectivity index (χ0) is 11.7. The van der Waals surface area contributed by atoms with Crippen molar-refractivity contribution in [1.29, 1.82) is 0 Å². The fraction of sp³-hybridized carbons (Fsp3) is 0.333. The van der Waals surface area contributed by atoms with E-state index in [0.29, 0.717) is 11.4 Å². The van der Waals surface area contributed by atoms with Gasteiger partial charge in [0.15, 0.2) is 0 Å². The van der Waals surface area contributed by atoms with Gasteiger partial charge in [0.1, 0.15) is 0 Å². The summed E-state index contributed by atoms with van der Waals surface area (Å²) in [6.45, 7) is 1.97. The Morgan fingerprint density at radius 3 is 2.81 bits per heavy atom. The normalized spacial score (nSPS) is 20.0. The van der Waals surface area contributed by atoms with Crippen molar-refractivity contribution >= 4 is 23.4 Å². The van der Waals surface area contributed by atoms with E-state index in [4.69, 9.17) is 11.6 Å². The topological polar surface area (TPSA) is 46.2 Å². The summed E-state index contributed by atoms with van der Waals surface area (Å²) in [7, 11) is 0. The maximum atomic E-state index is 11.4. The van der Waals surface area contributed by atoms with Crippen LogP contribution in [-0.4, -0.2) is 11.8 Å². The number of amides is 2. The maximum absolute atomic E-state index is 11.4. The second-order valence-corrected chi connectivity index (χ2v) is 4.52. The molecule has 1 N–H and O–H groups in total. The molecule has 2 rings (SSSR count). The van der Waals surface area contributed by atoms with Crippen LogP contribution in [0.2, 0.25) is 5.02 Å². The first-order valence-electron chi connectivity index (χ1n) is 5.15. The number of halogens is 1. The number of carbonyl (C=O) groups is 2. The van der Waals surface area contributed by atoms with E-state index in [2.05, 4.69) is 5.32 Å². The molecule has 0 spiro atoms. The van der Waals surface area contributed by atoms with Crippen molar-refractivity contribution in [3.63, 3.8) is 0 Å². The minimum Gasteiger partial charge on any atom is -0.296 e. The van der Waals surface area contributed by atoms with Gasteiger partial charge in [0.05, 0.1) is 5.92 Å². The van der Waals surface area contributed by atoms with Gasteiger partial charge in [0.2, 0.25) is 11.8 Å². The molecule has 1 heterocycles. The Kier molecular flexibility index (Phi) is 2.97. The van der Waals surface area contributed by atoms with Crippen molar-refractivity contribution in [3.8, 4) is 0 Å². The standard InChI is InChI=1S/C12H12ClNO2/c1-7-2-3-10(13)5-8(7)4-9-6-11(15)14-12(9)16/h2-3,5,9H,4,6H2,1H3,(H,14,15,16). The van der Waals surface area contributed by atoms with Crippen LogP contribution in [0.3, 0.4) is 0 Å². The van der Waals surface area contributed by atoms with E-state index >= 15 is 0 Å². The number of benzene rings is 1. The zero-order valence-corrected chi connectivity index (χ0v) is 9.67. The third kappa shape index (κ3) is 2.25. The van der Waals surface area contributed by atoms with Crippen molar-refractivity contribution in [2.45, 2.75) is 19.8 Å². The number of imide groups is 1. The summed E-state index contributed by atoms with van der Waals surface area (Å²) in [6.07, 6.45) is 0.856. The number of carbonyl (C=O) groups excluding carboxylic acids is 2. The van der Waals surface area contributed by atoms with Crippen LogP contribution >= 0.6 is 11.6 Å². The monoisotopic (exact) mass is 237 g/mol. The summed E-state index contributed by atoms with van der Waals surface area (Å²) in [4.78, 5) is 22.5. The molecule has 0 radical (unpaired) electrons. The molecule has 4 heteroatoms. The molecular weight excluding hydrogens is 226 g/mol. The predicted octanol–water partition coefficient (Wildman–Crippen LogP) is 1.85. The van der Waals surface area contributed by atoms with Crippen LogP contribution in [0.1, 0.15) is 17.5 Å². The lowest BCUT2D eigenvalue weighted by Crippen LogP contribution is -2.23. The fourth-order valence-corrected chi connectivity index (χ4v) is 2.09. The van der Waals surface area contributed by atoms with Crippen molar-refractivity contribution in [1.82, 2.24) is 5.32 Å². The molecule has 1 fully saturated rings. The fourth-order valence-electron chi connectivity index (χ4n) is 1.90. The zero-order valence-electron chi connectivity index (χ0n) is 8.92. The highest BCUT2D eigenvalue weighted by atomic mass is 35.5. The Morgan fingerprint density at radius 2 is 2.19 bits per heavy atom. The van der Waals surface area contributed by atoms with Gasteiger partial charge >= 0.3 is 0 Å². The largest absolute Gasteiger partial charge is 0.296 e. The molecule has 1 saturated heterocycles. The van der Waals surface area contributed by atoms with Gasteiger partial charge in [-0.2, -0.15) is 0 Å². The highest BCUT2D eigenvalue weighted by Crippen LogP contribution is 2.22. The molecule has 3 nitrogen and oxygen atoms in total. The van der Waals surface area contributed by atoms with Crippen molar-refractivity contribution in [3.05, 3.63) is 34.3 Å². The Hall–Kier alpha value is -1.35. The highest BCUT2D eigenvalue weighted by Gasteiger charge is 2.30. The first kappa shape index (κ1) is 11.1. The highest BCUT2D eigenvalue weighted by molar-refractivity contribution is 6.30. The Bertz CT molecular complexity index is 456. The lowest BCUT2D eigenvalue weighted by Gasteiger charge is -2.09. The van der Waals surface area contributed by atoms with Crippen molar-refractivity contribution in [2.75, 3.05) is 0 Å². The Labute approximate surface area is 98.8 Å². The molecule has 84 valence electrons. The quantitative estimate of drug-likeness (QED) is 0.798. The van der Waals surface area contributed by atoms with E-state index in [9.17, 15) is 9.59 Å². The summed E-state index contributed by atoms with van der Waals surface area (Å²) in [6, 6.07) is 5.60. The van der Waals surface area contributed by atoms with Crippen LogP contribution in [-0.2, 0) is 16.0 Å². The molecule has 1 aromatic carbocycles. The van der Waals surface area contributed by atoms with Crippen LogP contribution in [0.5, 0.6) is 0 Å². The average Bonchev–Trinajstić information content (AvgIpc) is 2.51. The van der Waals surface area contributed by atoms with E-state index in [1.54, 1.807) is 0 Å². The molecule has 16 heavy (non-hydrogen) atoms. The van der Waals surface area contributed by atoms with Gasteiger partial charge in [-0.05, 0) is 36.6 Å². The number of rotatable bonds is 2. The lowest BCUT2D eigenvalue weighted by atomic mass is 9.95. The van der Waals surface area contributed by atoms with Gasteiger partial charge in [-0.3, -0.25) is 14.9 Å². The molecule has 0 aromatic heterocycles. The number of aryl methyl sites for hydroxylation is 1. The van der Waals surface area contributed by atoms with Gasteiger partial charge in [0, 0.05) is 11.4 Å². The lowest BCUT2D eigenvalue weighted by molar-refractivity contribution is -0.125. The minimum atomic E-state index is -0.246. The van der Waals surface area contributed by atoms with E-state index in [0.717, 1.165) is 11.1 Å². The van der Waals surface area contributed by atoms with Gasteiger partial charge in [-0.25, -0.2) is 0 Å². The summed E-state index contributed by atoms with van der Waals surface area (Å²) >= 11 is 5.90. The van der Waals surface area contributed by atoms with Crippen LogP contribution in [0.15, 0.2) is 18.2 Å². The number of nitrogens with one attached hydrogen (secondary N) is 1. The summed E-state index contributed by atoms with van der Waals surface area (Å²) in [5.41, 5.74) is 2.12. The van der Waals surface area contributed by atoms with Crippen molar-refractivity contribution in [2.24, 2.45) is 5.92 Å². The first-order valence-corrected chi connectivity index (χ1v) is 5.53. The SMILES string of the molecule is Cc1ccc(Cl)cc1CC1CC(=O)NC1=O. The van der Waals surface area contributed by atoms with Gasteiger partial charge in [0.25, 0.3) is 0 Å². The van der Waals surface area contributed by atoms with E-state index in [1.165, 1.54) is 0 Å². The molecule has 0 saturated carbocycles. The molecule has 1 atom stereocenters. The van der Waals surface area contributed by atoms with Crippen LogP contribution in [0.4, 0.5) is 0 Å².